The Hall–Kier alpha value is -0.850. The molecule has 0 aromatic rings. The molecular weight excluding hydrogens is 270 g/mol. The first-order valence-electron chi connectivity index (χ1n) is 8.14. The number of nitrogens with zero attached hydrogens (tertiary/aromatic N) is 1. The molecule has 0 bridgehead atoms. The quantitative estimate of drug-likeness (QED) is 0.396. The van der Waals surface area contributed by atoms with Gasteiger partial charge in [0.15, 0.2) is 5.96 Å². The van der Waals surface area contributed by atoms with Crippen LogP contribution in [0.25, 0.3) is 0 Å². The molecule has 0 amide bonds. The van der Waals surface area contributed by atoms with Crippen molar-refractivity contribution in [2.45, 2.75) is 44.3 Å². The number of aliphatic imine (C=N–C) groups is 1. The van der Waals surface area contributed by atoms with E-state index in [1.807, 2.05) is 0 Å². The van der Waals surface area contributed by atoms with Gasteiger partial charge in [-0.15, -0.1) is 0 Å². The van der Waals surface area contributed by atoms with Crippen LogP contribution in [0, 0.1) is 0 Å². The van der Waals surface area contributed by atoms with Crippen LogP contribution in [0.2, 0.25) is 0 Å². The largest absolute Gasteiger partial charge is 0.379 e. The minimum atomic E-state index is 0.318. The van der Waals surface area contributed by atoms with Gasteiger partial charge in [-0.05, 0) is 32.1 Å². The summed E-state index contributed by atoms with van der Waals surface area (Å²) in [6.07, 6.45) is 6.23. The summed E-state index contributed by atoms with van der Waals surface area (Å²) in [5.74, 6) is 0.838. The molecule has 6 nitrogen and oxygen atoms in total. The van der Waals surface area contributed by atoms with Gasteiger partial charge in [0.05, 0.1) is 18.8 Å². The minimum Gasteiger partial charge on any atom is -0.379 e. The molecule has 2 aliphatic rings. The second kappa shape index (κ2) is 9.97. The fraction of sp³-hybridized carbons (Fsp3) is 0.933. The van der Waals surface area contributed by atoms with Crippen molar-refractivity contribution in [3.8, 4) is 0 Å². The van der Waals surface area contributed by atoms with Gasteiger partial charge in [0.25, 0.3) is 0 Å². The maximum absolute atomic E-state index is 5.63. The molecule has 2 rings (SSSR count). The molecule has 2 heterocycles. The zero-order chi connectivity index (χ0) is 14.8. The van der Waals surface area contributed by atoms with E-state index in [1.54, 1.807) is 7.05 Å². The molecule has 0 aromatic heterocycles. The molecule has 2 saturated heterocycles. The van der Waals surface area contributed by atoms with Crippen LogP contribution < -0.4 is 10.6 Å². The van der Waals surface area contributed by atoms with Gasteiger partial charge in [0.1, 0.15) is 0 Å². The van der Waals surface area contributed by atoms with Crippen molar-refractivity contribution in [1.29, 1.82) is 0 Å². The van der Waals surface area contributed by atoms with E-state index < -0.39 is 0 Å². The van der Waals surface area contributed by atoms with Crippen molar-refractivity contribution in [3.05, 3.63) is 0 Å². The number of nitrogens with one attached hydrogen (secondary N) is 2. The van der Waals surface area contributed by atoms with Crippen LogP contribution in [0.5, 0.6) is 0 Å². The maximum Gasteiger partial charge on any atom is 0.191 e. The van der Waals surface area contributed by atoms with Crippen LogP contribution in [-0.4, -0.2) is 64.7 Å². The molecule has 21 heavy (non-hydrogen) atoms. The van der Waals surface area contributed by atoms with Gasteiger partial charge in [-0.3, -0.25) is 4.99 Å². The lowest BCUT2D eigenvalue weighted by molar-refractivity contribution is 0.0168. The summed E-state index contributed by atoms with van der Waals surface area (Å²) in [4.78, 5) is 4.21. The summed E-state index contributed by atoms with van der Waals surface area (Å²) in [7, 11) is 1.79. The van der Waals surface area contributed by atoms with Gasteiger partial charge < -0.3 is 24.8 Å². The molecule has 2 N–H and O–H groups in total. The summed E-state index contributed by atoms with van der Waals surface area (Å²) >= 11 is 0. The van der Waals surface area contributed by atoms with Gasteiger partial charge in [0.2, 0.25) is 0 Å². The Labute approximate surface area is 127 Å². The molecule has 0 aromatic carbocycles. The summed E-state index contributed by atoms with van der Waals surface area (Å²) in [5, 5.41) is 6.59. The highest BCUT2D eigenvalue weighted by molar-refractivity contribution is 5.79. The Bertz CT molecular complexity index is 301. The molecule has 2 atom stereocenters. The molecule has 0 aliphatic carbocycles. The first-order chi connectivity index (χ1) is 10.4. The van der Waals surface area contributed by atoms with Gasteiger partial charge in [-0.25, -0.2) is 0 Å². The zero-order valence-electron chi connectivity index (χ0n) is 13.1. The SMILES string of the molecule is CN=C(NCCCOCC1CCCO1)NCC1CCCO1. The second-order valence-electron chi connectivity index (χ2n) is 5.58. The van der Waals surface area contributed by atoms with Crippen molar-refractivity contribution >= 4 is 5.96 Å². The lowest BCUT2D eigenvalue weighted by atomic mass is 10.2. The van der Waals surface area contributed by atoms with E-state index in [-0.39, 0.29) is 0 Å². The van der Waals surface area contributed by atoms with E-state index in [2.05, 4.69) is 15.6 Å². The molecule has 2 unspecified atom stereocenters. The van der Waals surface area contributed by atoms with Gasteiger partial charge in [0, 0.05) is 40.0 Å². The van der Waals surface area contributed by atoms with E-state index in [9.17, 15) is 0 Å². The Morgan fingerprint density at radius 3 is 2.57 bits per heavy atom. The topological polar surface area (TPSA) is 64.1 Å². The van der Waals surface area contributed by atoms with Crippen LogP contribution in [-0.2, 0) is 14.2 Å². The number of hydrogen-bond donors (Lipinski definition) is 2. The lowest BCUT2D eigenvalue weighted by Gasteiger charge is -2.15. The van der Waals surface area contributed by atoms with Crippen molar-refractivity contribution < 1.29 is 14.2 Å². The standard InChI is InChI=1S/C15H29N3O3/c1-16-15(18-11-13-5-2-9-20-13)17-7-4-8-19-12-14-6-3-10-21-14/h13-14H,2-12H2,1H3,(H2,16,17,18). The summed E-state index contributed by atoms with van der Waals surface area (Å²) in [5.41, 5.74) is 0. The molecule has 0 saturated carbocycles. The minimum absolute atomic E-state index is 0.318. The summed E-state index contributed by atoms with van der Waals surface area (Å²) < 4.78 is 16.7. The molecule has 2 aliphatic heterocycles. The van der Waals surface area contributed by atoms with Crippen LogP contribution >= 0.6 is 0 Å². The van der Waals surface area contributed by atoms with Crippen molar-refractivity contribution in [1.82, 2.24) is 10.6 Å². The predicted molar refractivity (Wildman–Crippen MR) is 82.7 cm³/mol. The van der Waals surface area contributed by atoms with E-state index >= 15 is 0 Å². The van der Waals surface area contributed by atoms with Crippen molar-refractivity contribution in [3.63, 3.8) is 0 Å². The first kappa shape index (κ1) is 16.5. The number of hydrogen-bond acceptors (Lipinski definition) is 4. The summed E-state index contributed by atoms with van der Waals surface area (Å²) in [6.45, 7) is 4.95. The van der Waals surface area contributed by atoms with Crippen molar-refractivity contribution in [2.75, 3.05) is 46.6 Å². The van der Waals surface area contributed by atoms with E-state index in [0.717, 1.165) is 64.7 Å². The van der Waals surface area contributed by atoms with Crippen LogP contribution in [0.15, 0.2) is 4.99 Å². The normalized spacial score (nSPS) is 26.2. The lowest BCUT2D eigenvalue weighted by Crippen LogP contribution is -2.41. The average molecular weight is 299 g/mol. The first-order valence-corrected chi connectivity index (χ1v) is 8.14. The molecule has 6 heteroatoms. The Morgan fingerprint density at radius 1 is 1.14 bits per heavy atom. The van der Waals surface area contributed by atoms with Gasteiger partial charge in [-0.2, -0.15) is 0 Å². The zero-order valence-corrected chi connectivity index (χ0v) is 13.1. The predicted octanol–water partition coefficient (Wildman–Crippen LogP) is 0.916. The molecule has 0 radical (unpaired) electrons. The average Bonchev–Trinajstić information content (AvgIpc) is 3.19. The van der Waals surface area contributed by atoms with Crippen LogP contribution in [0.1, 0.15) is 32.1 Å². The Morgan fingerprint density at radius 2 is 1.90 bits per heavy atom. The third kappa shape index (κ3) is 6.63. The molecule has 0 spiro atoms. The van der Waals surface area contributed by atoms with Crippen LogP contribution in [0.4, 0.5) is 0 Å². The van der Waals surface area contributed by atoms with E-state index in [0.29, 0.717) is 12.2 Å². The molecule has 2 fully saturated rings. The fourth-order valence-corrected chi connectivity index (χ4v) is 2.61. The third-order valence-electron chi connectivity index (χ3n) is 3.83. The van der Waals surface area contributed by atoms with Gasteiger partial charge >= 0.3 is 0 Å². The second-order valence-corrected chi connectivity index (χ2v) is 5.58. The Balaban J connectivity index is 1.44. The molecular formula is C15H29N3O3. The third-order valence-corrected chi connectivity index (χ3v) is 3.83. The maximum atomic E-state index is 5.63. The monoisotopic (exact) mass is 299 g/mol. The Kier molecular flexibility index (Phi) is 7.85. The number of rotatable bonds is 8. The highest BCUT2D eigenvalue weighted by atomic mass is 16.5. The van der Waals surface area contributed by atoms with E-state index in [4.69, 9.17) is 14.2 Å². The van der Waals surface area contributed by atoms with E-state index in [1.165, 1.54) is 12.8 Å². The highest BCUT2D eigenvalue weighted by Gasteiger charge is 2.16. The fourth-order valence-electron chi connectivity index (χ4n) is 2.61. The van der Waals surface area contributed by atoms with Crippen molar-refractivity contribution in [2.24, 2.45) is 4.99 Å². The number of ether oxygens (including phenoxy) is 3. The summed E-state index contributed by atoms with van der Waals surface area (Å²) in [6, 6.07) is 0. The number of guanidine groups is 1. The van der Waals surface area contributed by atoms with Crippen LogP contribution in [0.3, 0.4) is 0 Å². The molecule has 122 valence electrons. The highest BCUT2D eigenvalue weighted by Crippen LogP contribution is 2.12. The smallest absolute Gasteiger partial charge is 0.191 e. The van der Waals surface area contributed by atoms with Gasteiger partial charge in [-0.1, -0.05) is 0 Å².